The molecule has 0 radical (unpaired) electrons. The summed E-state index contributed by atoms with van der Waals surface area (Å²) in [5.41, 5.74) is -0.449. The van der Waals surface area contributed by atoms with E-state index in [2.05, 4.69) is 18.8 Å². The van der Waals surface area contributed by atoms with E-state index in [1.165, 1.54) is 19.3 Å². The van der Waals surface area contributed by atoms with Gasteiger partial charge >= 0.3 is 0 Å². The zero-order valence-electron chi connectivity index (χ0n) is 8.55. The summed E-state index contributed by atoms with van der Waals surface area (Å²) >= 11 is 0. The number of rotatable bonds is 4. The molecule has 2 nitrogen and oxygen atoms in total. The maximum absolute atomic E-state index is 10.1. The van der Waals surface area contributed by atoms with Crippen molar-refractivity contribution in [2.75, 3.05) is 6.54 Å². The molecular formula is C11H21NO. The van der Waals surface area contributed by atoms with Crippen LogP contribution in [0.15, 0.2) is 12.7 Å². The first-order chi connectivity index (χ1) is 6.16. The second kappa shape index (κ2) is 4.77. The third-order valence-corrected chi connectivity index (χ3v) is 2.89. The van der Waals surface area contributed by atoms with Gasteiger partial charge < -0.3 is 10.4 Å². The fourth-order valence-corrected chi connectivity index (χ4v) is 1.82. The summed E-state index contributed by atoms with van der Waals surface area (Å²) in [6, 6.07) is 0.297. The third kappa shape index (κ3) is 3.49. The normalized spacial score (nSPS) is 23.8. The summed E-state index contributed by atoms with van der Waals surface area (Å²) < 4.78 is 0. The van der Waals surface area contributed by atoms with Gasteiger partial charge in [0.1, 0.15) is 0 Å². The van der Waals surface area contributed by atoms with Gasteiger partial charge in [0.05, 0.1) is 5.60 Å². The molecule has 1 saturated carbocycles. The van der Waals surface area contributed by atoms with Crippen LogP contribution in [0.25, 0.3) is 0 Å². The Morgan fingerprint density at radius 1 is 1.46 bits per heavy atom. The number of hydrogen-bond donors (Lipinski definition) is 2. The fourth-order valence-electron chi connectivity index (χ4n) is 1.82. The molecule has 0 bridgehead atoms. The lowest BCUT2D eigenvalue weighted by Crippen LogP contribution is -2.44. The van der Waals surface area contributed by atoms with E-state index in [0.717, 1.165) is 12.8 Å². The van der Waals surface area contributed by atoms with Crippen molar-refractivity contribution >= 4 is 0 Å². The Kier molecular flexibility index (Phi) is 3.94. The van der Waals surface area contributed by atoms with Crippen molar-refractivity contribution in [1.29, 1.82) is 0 Å². The Morgan fingerprint density at radius 3 is 2.62 bits per heavy atom. The molecule has 1 unspecified atom stereocenters. The van der Waals surface area contributed by atoms with Crippen molar-refractivity contribution < 1.29 is 5.11 Å². The largest absolute Gasteiger partial charge is 0.389 e. The van der Waals surface area contributed by atoms with Crippen molar-refractivity contribution in [3.63, 3.8) is 0 Å². The molecule has 1 aliphatic carbocycles. The maximum atomic E-state index is 10.1. The average molecular weight is 183 g/mol. The van der Waals surface area contributed by atoms with E-state index in [1.54, 1.807) is 0 Å². The minimum Gasteiger partial charge on any atom is -0.389 e. The zero-order chi connectivity index (χ0) is 9.73. The summed E-state index contributed by atoms with van der Waals surface area (Å²) in [6.45, 7) is 6.47. The average Bonchev–Trinajstić information content (AvgIpc) is 2.15. The van der Waals surface area contributed by atoms with Gasteiger partial charge in [-0.2, -0.15) is 0 Å². The first kappa shape index (κ1) is 10.7. The van der Waals surface area contributed by atoms with E-state index in [1.807, 2.05) is 6.08 Å². The monoisotopic (exact) mass is 183 g/mol. The summed E-state index contributed by atoms with van der Waals surface area (Å²) in [5, 5.41) is 13.4. The van der Waals surface area contributed by atoms with E-state index in [0.29, 0.717) is 12.6 Å². The molecule has 0 heterocycles. The molecule has 1 atom stereocenters. The van der Waals surface area contributed by atoms with Crippen LogP contribution in [0.4, 0.5) is 0 Å². The predicted molar refractivity (Wildman–Crippen MR) is 55.7 cm³/mol. The third-order valence-electron chi connectivity index (χ3n) is 2.89. The Morgan fingerprint density at radius 2 is 2.08 bits per heavy atom. The van der Waals surface area contributed by atoms with Crippen LogP contribution in [0.1, 0.15) is 39.0 Å². The van der Waals surface area contributed by atoms with Crippen LogP contribution >= 0.6 is 0 Å². The van der Waals surface area contributed by atoms with E-state index < -0.39 is 5.60 Å². The molecule has 0 spiro atoms. The Hall–Kier alpha value is -0.340. The summed E-state index contributed by atoms with van der Waals surface area (Å²) in [4.78, 5) is 0. The van der Waals surface area contributed by atoms with Gasteiger partial charge in [0.2, 0.25) is 0 Å². The van der Waals surface area contributed by atoms with Crippen molar-refractivity contribution in [1.82, 2.24) is 5.32 Å². The van der Waals surface area contributed by atoms with Gasteiger partial charge in [0.15, 0.2) is 0 Å². The summed E-state index contributed by atoms with van der Waals surface area (Å²) in [7, 11) is 0. The van der Waals surface area contributed by atoms with Crippen molar-refractivity contribution in [2.24, 2.45) is 0 Å². The molecule has 76 valence electrons. The van der Waals surface area contributed by atoms with E-state index in [-0.39, 0.29) is 0 Å². The van der Waals surface area contributed by atoms with Gasteiger partial charge in [-0.25, -0.2) is 0 Å². The molecule has 0 aromatic heterocycles. The molecule has 0 aromatic rings. The number of nitrogens with one attached hydrogen (secondary N) is 1. The highest BCUT2D eigenvalue weighted by Crippen LogP contribution is 2.27. The van der Waals surface area contributed by atoms with Crippen molar-refractivity contribution in [3.8, 4) is 0 Å². The summed E-state index contributed by atoms with van der Waals surface area (Å²) in [5.74, 6) is 0. The fraction of sp³-hybridized carbons (Fsp3) is 0.818. The summed E-state index contributed by atoms with van der Waals surface area (Å²) in [6.07, 6.45) is 7.38. The smallest absolute Gasteiger partial charge is 0.0771 e. The molecule has 13 heavy (non-hydrogen) atoms. The van der Waals surface area contributed by atoms with Gasteiger partial charge in [-0.1, -0.05) is 25.3 Å². The van der Waals surface area contributed by atoms with Crippen LogP contribution in [0, 0.1) is 0 Å². The van der Waals surface area contributed by atoms with Gasteiger partial charge in [-0.05, 0) is 19.8 Å². The van der Waals surface area contributed by atoms with E-state index in [9.17, 15) is 5.11 Å². The molecule has 2 heteroatoms. The van der Waals surface area contributed by atoms with Crippen LogP contribution in [0.2, 0.25) is 0 Å². The predicted octanol–water partition coefficient (Wildman–Crippen LogP) is 1.85. The van der Waals surface area contributed by atoms with Gasteiger partial charge in [0, 0.05) is 12.6 Å². The molecule has 0 aromatic carbocycles. The molecule has 0 aliphatic heterocycles. The van der Waals surface area contributed by atoms with Gasteiger partial charge in [-0.3, -0.25) is 0 Å². The molecule has 1 aliphatic rings. The molecular weight excluding hydrogens is 162 g/mol. The van der Waals surface area contributed by atoms with Crippen LogP contribution in [-0.2, 0) is 0 Å². The molecule has 0 saturated heterocycles. The number of aliphatic hydroxyl groups is 1. The first-order valence-corrected chi connectivity index (χ1v) is 5.25. The lowest BCUT2D eigenvalue weighted by atomic mass is 9.85. The molecule has 1 rings (SSSR count). The maximum Gasteiger partial charge on any atom is 0.0771 e. The highest BCUT2D eigenvalue weighted by Gasteiger charge is 2.28. The van der Waals surface area contributed by atoms with Crippen LogP contribution in [0.3, 0.4) is 0 Å². The topological polar surface area (TPSA) is 32.3 Å². The number of hydrogen-bond acceptors (Lipinski definition) is 2. The molecule has 2 N–H and O–H groups in total. The van der Waals surface area contributed by atoms with Crippen LogP contribution in [-0.4, -0.2) is 23.3 Å². The first-order valence-electron chi connectivity index (χ1n) is 5.25. The van der Waals surface area contributed by atoms with Crippen molar-refractivity contribution in [2.45, 2.75) is 50.7 Å². The standard InChI is InChI=1S/C11H21NO/c1-3-10(2)12-9-11(13)7-5-4-6-8-11/h3,10,12-13H,1,4-9H2,2H3. The van der Waals surface area contributed by atoms with Gasteiger partial charge in [-0.15, -0.1) is 6.58 Å². The lowest BCUT2D eigenvalue weighted by Gasteiger charge is -2.33. The van der Waals surface area contributed by atoms with E-state index >= 15 is 0 Å². The highest BCUT2D eigenvalue weighted by atomic mass is 16.3. The van der Waals surface area contributed by atoms with Crippen molar-refractivity contribution in [3.05, 3.63) is 12.7 Å². The molecule has 1 fully saturated rings. The quantitative estimate of drug-likeness (QED) is 0.652. The zero-order valence-corrected chi connectivity index (χ0v) is 8.55. The van der Waals surface area contributed by atoms with Crippen LogP contribution in [0.5, 0.6) is 0 Å². The van der Waals surface area contributed by atoms with Gasteiger partial charge in [0.25, 0.3) is 0 Å². The van der Waals surface area contributed by atoms with Crippen LogP contribution < -0.4 is 5.32 Å². The minimum absolute atomic E-state index is 0.297. The van der Waals surface area contributed by atoms with E-state index in [4.69, 9.17) is 0 Å². The lowest BCUT2D eigenvalue weighted by molar-refractivity contribution is 0.00403. The second-order valence-corrected chi connectivity index (χ2v) is 4.19. The SMILES string of the molecule is C=CC(C)NCC1(O)CCCCC1. The second-order valence-electron chi connectivity index (χ2n) is 4.19. The highest BCUT2D eigenvalue weighted by molar-refractivity contribution is 4.88. The Bertz CT molecular complexity index is 161. The minimum atomic E-state index is -0.449. The molecule has 0 amide bonds. The Labute approximate surface area is 81.0 Å². The Balaban J connectivity index is 2.28.